The molecule has 0 bridgehead atoms. The summed E-state index contributed by atoms with van der Waals surface area (Å²) in [7, 11) is -16.9. The SMILES string of the molecule is CC(C)(C)S(=O)(=O)Cc1ccc(CCC2CCCCC2)cc1.CC(C)(C)S(=O)(=O)Cc1ccc(CCCc2ccc(C(F)(F)F)cc2)cc1.CC(C)(C)S(=O)(=O)Cc1ccc(CCc2ccc(F)cc2)cc1.CC(C)(C)S(=O)(=O)Cc1ccc(CCc2cccc3c2CCCC3)cc1.CC(C)S(=O)(=O)CCCCCCCc1ccc2c(c1)CCC2.COc1ccc(CCc2ccc(CS(=O)(=O)C(C)(C)C)cc2)cc1. The Hall–Kier alpha value is -8.58. The molecule has 144 heavy (non-hydrogen) atoms. The quantitative estimate of drug-likeness (QED) is 0.0264. The molecule has 3 aliphatic rings. The fraction of sp³-hybridized carbons (Fsp3) is 0.504. The van der Waals surface area contributed by atoms with Crippen LogP contribution in [0.4, 0.5) is 17.6 Å². The van der Waals surface area contributed by atoms with E-state index in [4.69, 9.17) is 4.74 Å². The molecule has 0 spiro atoms. The summed E-state index contributed by atoms with van der Waals surface area (Å²) in [6.07, 6.45) is 28.5. The Bertz CT molecular complexity index is 6340. The van der Waals surface area contributed by atoms with Gasteiger partial charge in [0.1, 0.15) is 11.6 Å². The summed E-state index contributed by atoms with van der Waals surface area (Å²) in [5.41, 5.74) is 22.0. The lowest BCUT2D eigenvalue weighted by molar-refractivity contribution is -0.137. The third-order valence-electron chi connectivity index (χ3n) is 27.8. The maximum Gasteiger partial charge on any atom is 0.416 e. The minimum Gasteiger partial charge on any atom is -0.497 e. The summed E-state index contributed by atoms with van der Waals surface area (Å²) in [4.78, 5) is 0. The normalized spacial score (nSPS) is 14.0. The molecule has 0 aromatic heterocycles. The van der Waals surface area contributed by atoms with Gasteiger partial charge in [0.25, 0.3) is 0 Å². The lowest BCUT2D eigenvalue weighted by Gasteiger charge is -2.21. The Labute approximate surface area is 865 Å². The predicted molar refractivity (Wildman–Crippen MR) is 591 cm³/mol. The van der Waals surface area contributed by atoms with E-state index in [-0.39, 0.29) is 39.8 Å². The molecule has 0 N–H and O–H groups in total. The van der Waals surface area contributed by atoms with Gasteiger partial charge in [0.2, 0.25) is 0 Å². The minimum atomic E-state index is -4.30. The Morgan fingerprint density at radius 3 is 0.993 bits per heavy atom. The van der Waals surface area contributed by atoms with Crippen molar-refractivity contribution in [2.45, 2.75) is 368 Å². The van der Waals surface area contributed by atoms with E-state index in [2.05, 4.69) is 72.8 Å². The van der Waals surface area contributed by atoms with Crippen molar-refractivity contribution in [3.63, 3.8) is 0 Å². The number of ether oxygens (including phenoxy) is 1. The molecular weight excluding hydrogens is 1930 g/mol. The smallest absolute Gasteiger partial charge is 0.416 e. The zero-order chi connectivity index (χ0) is 106. The van der Waals surface area contributed by atoms with Crippen LogP contribution in [0.3, 0.4) is 0 Å². The van der Waals surface area contributed by atoms with Crippen molar-refractivity contribution in [3.05, 3.63) is 348 Å². The molecule has 10 aromatic rings. The number of unbranched alkanes of at least 4 members (excludes halogenated alkanes) is 4. The monoisotopic (exact) mass is 2090 g/mol. The van der Waals surface area contributed by atoms with Gasteiger partial charge in [-0.1, -0.05) is 245 Å². The number of fused-ring (bicyclic) bond motifs is 2. The second-order valence-corrected chi connectivity index (χ2v) is 61.0. The third-order valence-corrected chi connectivity index (χ3v) is 43.0. The average Bonchev–Trinajstić information content (AvgIpc) is 0.895. The molecular formula is C121H164F4O13S6. The molecule has 13 rings (SSSR count). The number of rotatable bonds is 36. The first-order chi connectivity index (χ1) is 67.3. The van der Waals surface area contributed by atoms with Crippen LogP contribution >= 0.6 is 0 Å². The van der Waals surface area contributed by atoms with Crippen molar-refractivity contribution in [2.75, 3.05) is 12.9 Å². The van der Waals surface area contributed by atoms with Gasteiger partial charge < -0.3 is 4.74 Å². The molecule has 0 heterocycles. The van der Waals surface area contributed by atoms with Gasteiger partial charge in [-0.05, 0) is 401 Å². The summed E-state index contributed by atoms with van der Waals surface area (Å²) in [6, 6.07) is 73.0. The molecule has 3 aliphatic carbocycles. The second-order valence-electron chi connectivity index (χ2n) is 44.7. The maximum absolute atomic E-state index is 12.9. The van der Waals surface area contributed by atoms with Crippen molar-refractivity contribution in [2.24, 2.45) is 5.92 Å². The first kappa shape index (κ1) is 121. The molecule has 0 aliphatic heterocycles. The van der Waals surface area contributed by atoms with Crippen LogP contribution < -0.4 is 4.74 Å². The molecule has 23 heteroatoms. The van der Waals surface area contributed by atoms with Gasteiger partial charge >= 0.3 is 6.18 Å². The van der Waals surface area contributed by atoms with Gasteiger partial charge in [0, 0.05) is 0 Å². The molecule has 0 atom stereocenters. The van der Waals surface area contributed by atoms with Gasteiger partial charge in [0.15, 0.2) is 59.0 Å². The fourth-order valence-electron chi connectivity index (χ4n) is 17.0. The number of sulfone groups is 6. The number of hydrogen-bond donors (Lipinski definition) is 0. The maximum atomic E-state index is 12.9. The average molecular weight is 2100 g/mol. The Morgan fingerprint density at radius 2 is 0.611 bits per heavy atom. The number of hydrogen-bond acceptors (Lipinski definition) is 13. The summed E-state index contributed by atoms with van der Waals surface area (Å²) in [5.74, 6) is 2.32. The van der Waals surface area contributed by atoms with Gasteiger partial charge in [-0.2, -0.15) is 13.2 Å². The van der Waals surface area contributed by atoms with Crippen LogP contribution in [0.15, 0.2) is 231 Å². The van der Waals surface area contributed by atoms with Crippen molar-refractivity contribution in [1.29, 1.82) is 0 Å². The number of benzene rings is 10. The number of halogens is 4. The van der Waals surface area contributed by atoms with E-state index < -0.39 is 94.5 Å². The Morgan fingerprint density at radius 1 is 0.299 bits per heavy atom. The molecule has 790 valence electrons. The van der Waals surface area contributed by atoms with Crippen LogP contribution in [0.2, 0.25) is 0 Å². The van der Waals surface area contributed by atoms with Gasteiger partial charge in [-0.15, -0.1) is 0 Å². The number of methoxy groups -OCH3 is 1. The van der Waals surface area contributed by atoms with Gasteiger partial charge in [-0.25, -0.2) is 54.9 Å². The van der Waals surface area contributed by atoms with E-state index in [0.29, 0.717) is 12.2 Å². The predicted octanol–water partition coefficient (Wildman–Crippen LogP) is 28.6. The van der Waals surface area contributed by atoms with Crippen molar-refractivity contribution < 1.29 is 72.8 Å². The zero-order valence-corrected chi connectivity index (χ0v) is 94.0. The molecule has 0 saturated heterocycles. The fourth-order valence-corrected chi connectivity index (χ4v) is 23.4. The van der Waals surface area contributed by atoms with Crippen LogP contribution in [0.25, 0.3) is 0 Å². The first-order valence-corrected chi connectivity index (χ1v) is 61.7. The highest BCUT2D eigenvalue weighted by Gasteiger charge is 2.35. The van der Waals surface area contributed by atoms with Crippen LogP contribution in [0, 0.1) is 11.7 Å². The van der Waals surface area contributed by atoms with Gasteiger partial charge in [-0.3, -0.25) is 0 Å². The third kappa shape index (κ3) is 40.5. The Kier molecular flexibility index (Phi) is 45.7. The van der Waals surface area contributed by atoms with Gasteiger partial charge in [0.05, 0.1) is 76.2 Å². The van der Waals surface area contributed by atoms with Crippen LogP contribution in [0.5, 0.6) is 5.75 Å². The summed E-state index contributed by atoms with van der Waals surface area (Å²) < 4.78 is 198. The van der Waals surface area contributed by atoms with E-state index in [9.17, 15) is 68.1 Å². The highest BCUT2D eigenvalue weighted by Crippen LogP contribution is 2.35. The van der Waals surface area contributed by atoms with Crippen molar-refractivity contribution in [1.82, 2.24) is 0 Å². The molecule has 0 amide bonds. The lowest BCUT2D eigenvalue weighted by atomic mass is 9.85. The van der Waals surface area contributed by atoms with Crippen molar-refractivity contribution in [3.8, 4) is 5.75 Å². The molecule has 0 unspecified atom stereocenters. The standard InChI is InChI=1S/C23H30O2S.C21H25F3O2S.C20H26O3S.C19H23FO2S.2C19H30O2S/c1-23(2,3)26(24,25)17-19-13-11-18(12-14-19)15-16-21-9-6-8-20-7-4-5-10-22(20)21;1-20(2,3)27(25,26)15-18-9-7-16(8-10-18)5-4-6-17-11-13-19(14-12-17)21(22,23)24;1-20(2,3)24(21,22)15-18-9-7-16(8-10-18)5-6-17-11-13-19(23-4)14-12-17;1-19(2,3)23(21,22)14-17-8-6-15(7-9-17)4-5-16-10-12-18(20)13-11-16;1-19(2,3)22(20,21)15-18-13-11-17(12-14-18)10-9-16-7-5-4-6-8-16;1-16(2)22(20,21)14-7-5-3-4-6-9-17-12-13-18-10-8-11-19(18)15-17/h6,8-9,11-14H,4-5,7,10,15-17H2,1-3H3;7-14H,4-6,15H2,1-3H3;7-14H,5-6,15H2,1-4H3;6-13H,4-5,14H2,1-3H3;11-14,16H,4-10,15H2,1-3H3;12-13,15-16H,3-11,14H2,1-2H3. The second kappa shape index (κ2) is 54.6. The molecule has 13 nitrogen and oxygen atoms in total. The Balaban J connectivity index is 0.000000211. The van der Waals surface area contributed by atoms with E-state index in [0.717, 1.165) is 157 Å². The summed E-state index contributed by atoms with van der Waals surface area (Å²) in [5, 5.41) is -0.229. The van der Waals surface area contributed by atoms with E-state index >= 15 is 0 Å². The molecule has 1 fully saturated rings. The highest BCUT2D eigenvalue weighted by molar-refractivity contribution is 7.93. The van der Waals surface area contributed by atoms with E-state index in [1.807, 2.05) is 109 Å². The van der Waals surface area contributed by atoms with Crippen LogP contribution in [-0.2, 0) is 184 Å². The largest absolute Gasteiger partial charge is 0.497 e. The molecule has 0 radical (unpaired) electrons. The summed E-state index contributed by atoms with van der Waals surface area (Å²) in [6.45, 7) is 29.6. The first-order valence-electron chi connectivity index (χ1n) is 51.8. The van der Waals surface area contributed by atoms with Crippen molar-refractivity contribution >= 4 is 59.0 Å². The number of alkyl halides is 3. The summed E-state index contributed by atoms with van der Waals surface area (Å²) >= 11 is 0. The molecule has 1 saturated carbocycles. The zero-order valence-electron chi connectivity index (χ0n) is 89.1. The highest BCUT2D eigenvalue weighted by atomic mass is 32.2. The van der Waals surface area contributed by atoms with E-state index in [1.54, 1.807) is 154 Å². The number of aryl methyl sites for hydroxylation is 13. The topological polar surface area (TPSA) is 214 Å². The molecule has 10 aromatic carbocycles. The van der Waals surface area contributed by atoms with E-state index in [1.165, 1.54) is 160 Å². The van der Waals surface area contributed by atoms with Crippen LogP contribution in [0.1, 0.15) is 325 Å². The lowest BCUT2D eigenvalue weighted by Crippen LogP contribution is -2.29. The van der Waals surface area contributed by atoms with Crippen LogP contribution in [-0.4, -0.2) is 92.4 Å². The minimum absolute atomic E-state index is 0.0162.